The fourth-order valence-electron chi connectivity index (χ4n) is 4.88. The quantitative estimate of drug-likeness (QED) is 0.437. The summed E-state index contributed by atoms with van der Waals surface area (Å²) in [6, 6.07) is 19.1. The molecule has 2 aliphatic rings. The first-order chi connectivity index (χ1) is 16.7. The Kier molecular flexibility index (Phi) is 11.4. The molecule has 2 saturated heterocycles. The summed E-state index contributed by atoms with van der Waals surface area (Å²) in [6.07, 6.45) is 1.39. The van der Waals surface area contributed by atoms with Gasteiger partial charge in [0.1, 0.15) is 0 Å². The Balaban J connectivity index is 0.00000342. The van der Waals surface area contributed by atoms with E-state index >= 15 is 0 Å². The molecule has 0 spiro atoms. The Labute approximate surface area is 215 Å². The van der Waals surface area contributed by atoms with Crippen molar-refractivity contribution in [3.05, 3.63) is 71.8 Å². The van der Waals surface area contributed by atoms with E-state index in [0.717, 1.165) is 37.3 Å². The number of morpholine rings is 2. The van der Waals surface area contributed by atoms with E-state index in [1.54, 1.807) is 0 Å². The maximum absolute atomic E-state index is 13.5. The summed E-state index contributed by atoms with van der Waals surface area (Å²) in [5, 5.41) is 0. The molecule has 2 aliphatic heterocycles. The third-order valence-corrected chi connectivity index (χ3v) is 6.89. The number of hydrogen-bond acceptors (Lipinski definition) is 6. The van der Waals surface area contributed by atoms with E-state index in [-0.39, 0.29) is 35.8 Å². The topological polar surface area (TPSA) is 59.1 Å². The van der Waals surface area contributed by atoms with Crippen molar-refractivity contribution in [1.29, 1.82) is 0 Å². The van der Waals surface area contributed by atoms with Crippen molar-refractivity contribution in [2.75, 3.05) is 65.7 Å². The molecule has 0 amide bonds. The molecule has 0 N–H and O–H groups in total. The molecule has 0 radical (unpaired) electrons. The number of ether oxygens (including phenoxy) is 2. The fourth-order valence-corrected chi connectivity index (χ4v) is 4.88. The average Bonchev–Trinajstić information content (AvgIpc) is 2.91. The molecule has 0 saturated carbocycles. The number of ketones is 2. The highest BCUT2D eigenvalue weighted by atomic mass is 35.5. The van der Waals surface area contributed by atoms with Gasteiger partial charge in [-0.1, -0.05) is 60.7 Å². The van der Waals surface area contributed by atoms with E-state index in [2.05, 4.69) is 9.80 Å². The third-order valence-electron chi connectivity index (χ3n) is 6.89. The zero-order valence-corrected chi connectivity index (χ0v) is 21.2. The molecule has 0 aliphatic carbocycles. The summed E-state index contributed by atoms with van der Waals surface area (Å²) in [5.41, 5.74) is 1.50. The van der Waals surface area contributed by atoms with E-state index in [4.69, 9.17) is 9.47 Å². The molecule has 4 rings (SSSR count). The monoisotopic (exact) mass is 500 g/mol. The summed E-state index contributed by atoms with van der Waals surface area (Å²) in [6.45, 7) is 7.63. The van der Waals surface area contributed by atoms with Gasteiger partial charge in [0.05, 0.1) is 26.4 Å². The molecule has 7 heteroatoms. The van der Waals surface area contributed by atoms with Crippen LogP contribution in [0.2, 0.25) is 0 Å². The third kappa shape index (κ3) is 8.23. The first-order valence-electron chi connectivity index (χ1n) is 12.5. The number of halogens is 1. The molecule has 2 fully saturated rings. The lowest BCUT2D eigenvalue weighted by atomic mass is 9.86. The smallest absolute Gasteiger partial charge is 0.167 e. The van der Waals surface area contributed by atoms with Gasteiger partial charge in [-0.2, -0.15) is 0 Å². The van der Waals surface area contributed by atoms with Crippen molar-refractivity contribution in [3.63, 3.8) is 0 Å². The van der Waals surface area contributed by atoms with Crippen molar-refractivity contribution in [2.24, 2.45) is 11.8 Å². The first-order valence-corrected chi connectivity index (χ1v) is 12.5. The molecule has 2 aromatic rings. The SMILES string of the molecule is Cl.O=C(c1ccccc1)C(CCC(CN1CCOCC1)C(=O)c1ccccc1)CN1CCOCC1. The van der Waals surface area contributed by atoms with Crippen LogP contribution in [0.3, 0.4) is 0 Å². The van der Waals surface area contributed by atoms with Crippen molar-refractivity contribution >= 4 is 24.0 Å². The summed E-state index contributed by atoms with van der Waals surface area (Å²) in [5.74, 6) is 0.0567. The minimum atomic E-state index is -0.142. The van der Waals surface area contributed by atoms with E-state index in [9.17, 15) is 9.59 Å². The summed E-state index contributed by atoms with van der Waals surface area (Å²) in [4.78, 5) is 31.6. The van der Waals surface area contributed by atoms with Gasteiger partial charge in [-0.3, -0.25) is 19.4 Å². The Morgan fingerprint density at radius 2 is 0.971 bits per heavy atom. The largest absolute Gasteiger partial charge is 0.379 e. The molecular formula is C28H37ClN2O4. The van der Waals surface area contributed by atoms with Gasteiger partial charge in [-0.05, 0) is 12.8 Å². The van der Waals surface area contributed by atoms with Gasteiger partial charge >= 0.3 is 0 Å². The molecule has 2 aromatic carbocycles. The molecular weight excluding hydrogens is 464 g/mol. The Hall–Kier alpha value is -2.09. The fraction of sp³-hybridized carbons (Fsp3) is 0.500. The lowest BCUT2D eigenvalue weighted by Gasteiger charge is -2.32. The van der Waals surface area contributed by atoms with E-state index < -0.39 is 0 Å². The van der Waals surface area contributed by atoms with Crippen molar-refractivity contribution < 1.29 is 19.1 Å². The van der Waals surface area contributed by atoms with Gasteiger partial charge in [0.2, 0.25) is 0 Å². The molecule has 2 unspecified atom stereocenters. The first kappa shape index (κ1) is 27.5. The predicted molar refractivity (Wildman–Crippen MR) is 140 cm³/mol. The van der Waals surface area contributed by atoms with Crippen LogP contribution >= 0.6 is 12.4 Å². The van der Waals surface area contributed by atoms with Gasteiger partial charge in [0.25, 0.3) is 0 Å². The molecule has 6 nitrogen and oxygen atoms in total. The number of Topliss-reactive ketones (excluding diaryl/α,β-unsaturated/α-hetero) is 2. The van der Waals surface area contributed by atoms with Crippen LogP contribution in [0.25, 0.3) is 0 Å². The zero-order valence-electron chi connectivity index (χ0n) is 20.3. The van der Waals surface area contributed by atoms with Gasteiger partial charge in [0, 0.05) is 62.2 Å². The van der Waals surface area contributed by atoms with Gasteiger partial charge in [0.15, 0.2) is 11.6 Å². The summed E-state index contributed by atoms with van der Waals surface area (Å²) in [7, 11) is 0. The second kappa shape index (κ2) is 14.5. The maximum atomic E-state index is 13.5. The van der Waals surface area contributed by atoms with Crippen LogP contribution in [-0.2, 0) is 9.47 Å². The van der Waals surface area contributed by atoms with Crippen LogP contribution in [0.5, 0.6) is 0 Å². The second-order valence-electron chi connectivity index (χ2n) is 9.26. The lowest BCUT2D eigenvalue weighted by Crippen LogP contribution is -2.42. The van der Waals surface area contributed by atoms with Crippen LogP contribution in [0.1, 0.15) is 33.6 Å². The molecule has 2 atom stereocenters. The minimum absolute atomic E-state index is 0. The number of hydrogen-bond donors (Lipinski definition) is 0. The molecule has 0 aromatic heterocycles. The number of benzene rings is 2. The highest BCUT2D eigenvalue weighted by Crippen LogP contribution is 2.23. The van der Waals surface area contributed by atoms with E-state index in [1.165, 1.54) is 0 Å². The maximum Gasteiger partial charge on any atom is 0.167 e. The predicted octanol–water partition coefficient (Wildman–Crippen LogP) is 3.85. The zero-order chi connectivity index (χ0) is 23.6. The number of nitrogens with zero attached hydrogens (tertiary/aromatic N) is 2. The van der Waals surface area contributed by atoms with Gasteiger partial charge in [-0.25, -0.2) is 0 Å². The van der Waals surface area contributed by atoms with Gasteiger partial charge < -0.3 is 9.47 Å². The van der Waals surface area contributed by atoms with Crippen molar-refractivity contribution in [3.8, 4) is 0 Å². The van der Waals surface area contributed by atoms with Crippen LogP contribution in [-0.4, -0.2) is 87.1 Å². The van der Waals surface area contributed by atoms with Crippen LogP contribution in [0.15, 0.2) is 60.7 Å². The van der Waals surface area contributed by atoms with Crippen molar-refractivity contribution in [1.82, 2.24) is 9.80 Å². The minimum Gasteiger partial charge on any atom is -0.379 e. The highest BCUT2D eigenvalue weighted by Gasteiger charge is 2.29. The molecule has 190 valence electrons. The van der Waals surface area contributed by atoms with Crippen LogP contribution in [0.4, 0.5) is 0 Å². The Morgan fingerprint density at radius 3 is 1.31 bits per heavy atom. The van der Waals surface area contributed by atoms with E-state index in [1.807, 2.05) is 60.7 Å². The number of carbonyl (C=O) groups excluding carboxylic acids is 2. The molecule has 35 heavy (non-hydrogen) atoms. The second-order valence-corrected chi connectivity index (χ2v) is 9.26. The Bertz CT molecular complexity index is 824. The highest BCUT2D eigenvalue weighted by molar-refractivity contribution is 5.99. The molecule has 2 heterocycles. The van der Waals surface area contributed by atoms with Crippen LogP contribution < -0.4 is 0 Å². The summed E-state index contributed by atoms with van der Waals surface area (Å²) >= 11 is 0. The average molecular weight is 501 g/mol. The summed E-state index contributed by atoms with van der Waals surface area (Å²) < 4.78 is 11.0. The molecule has 0 bridgehead atoms. The van der Waals surface area contributed by atoms with Crippen molar-refractivity contribution in [2.45, 2.75) is 12.8 Å². The number of rotatable bonds is 11. The van der Waals surface area contributed by atoms with E-state index in [0.29, 0.717) is 52.4 Å². The number of carbonyl (C=O) groups is 2. The normalized spacial score (nSPS) is 18.9. The Morgan fingerprint density at radius 1 is 0.629 bits per heavy atom. The standard InChI is InChI=1S/C28H36N2O4.ClH/c31-27(23-7-3-1-4-8-23)25(21-29-13-17-33-18-14-29)11-12-26(22-30-15-19-34-20-16-30)28(32)24-9-5-2-6-10-24;/h1-10,25-26H,11-22H2;1H. The lowest BCUT2D eigenvalue weighted by molar-refractivity contribution is 0.0254. The van der Waals surface area contributed by atoms with Gasteiger partial charge in [-0.15, -0.1) is 12.4 Å². The van der Waals surface area contributed by atoms with Crippen LogP contribution in [0, 0.1) is 11.8 Å².